The van der Waals surface area contributed by atoms with Crippen molar-refractivity contribution in [2.45, 2.75) is 33.6 Å². The fourth-order valence-corrected chi connectivity index (χ4v) is 2.54. The van der Waals surface area contributed by atoms with E-state index in [1.807, 2.05) is 19.9 Å². The summed E-state index contributed by atoms with van der Waals surface area (Å²) in [5, 5.41) is 0. The molecule has 0 heterocycles. The predicted octanol–water partition coefficient (Wildman–Crippen LogP) is 4.05. The molecule has 0 fully saturated rings. The zero-order valence-corrected chi connectivity index (χ0v) is 12.4. The molecule has 3 nitrogen and oxygen atoms in total. The van der Waals surface area contributed by atoms with Crippen molar-refractivity contribution in [1.29, 1.82) is 0 Å². The van der Waals surface area contributed by atoms with Gasteiger partial charge in [0, 0.05) is 5.56 Å². The Morgan fingerprint density at radius 2 is 1.84 bits per heavy atom. The highest BCUT2D eigenvalue weighted by Gasteiger charge is 2.17. The van der Waals surface area contributed by atoms with Crippen molar-refractivity contribution >= 4 is 11.4 Å². The summed E-state index contributed by atoms with van der Waals surface area (Å²) >= 11 is -2.29. The molecular formula is C15H18O3S. The van der Waals surface area contributed by atoms with E-state index in [1.165, 1.54) is 5.56 Å². The molecule has 0 aliphatic heterocycles. The molecule has 2 rings (SSSR count). The third-order valence-corrected chi connectivity index (χ3v) is 3.75. The second kappa shape index (κ2) is 5.31. The van der Waals surface area contributed by atoms with Gasteiger partial charge in [0.25, 0.3) is 0 Å². The van der Waals surface area contributed by atoms with Crippen molar-refractivity contribution in [2.75, 3.05) is 0 Å². The minimum absolute atomic E-state index is 0.431. The zero-order chi connectivity index (χ0) is 14.2. The van der Waals surface area contributed by atoms with Crippen LogP contribution in [0.4, 0.5) is 0 Å². The molecular weight excluding hydrogens is 260 g/mol. The van der Waals surface area contributed by atoms with Crippen LogP contribution in [0.1, 0.15) is 36.5 Å². The molecule has 102 valence electrons. The zero-order valence-electron chi connectivity index (χ0n) is 11.6. The van der Waals surface area contributed by atoms with Crippen molar-refractivity contribution in [3.8, 4) is 16.9 Å². The van der Waals surface area contributed by atoms with E-state index in [0.29, 0.717) is 11.7 Å². The third kappa shape index (κ3) is 2.80. The number of fused-ring (bicyclic) bond motifs is 1. The maximum Gasteiger partial charge on any atom is 0.357 e. The second-order valence-electron chi connectivity index (χ2n) is 5.08. The fraction of sp³-hybridized carbons (Fsp3) is 0.333. The fourth-order valence-electron chi connectivity index (χ4n) is 2.21. The molecule has 2 aliphatic carbocycles. The van der Waals surface area contributed by atoms with Crippen molar-refractivity contribution in [1.82, 2.24) is 0 Å². The molecule has 0 aromatic carbocycles. The van der Waals surface area contributed by atoms with Gasteiger partial charge >= 0.3 is 11.4 Å². The van der Waals surface area contributed by atoms with E-state index in [-0.39, 0.29) is 0 Å². The maximum absolute atomic E-state index is 10.8. The SMILES string of the molecule is Cc1ccc(C(C)C)cc2c(C)c(OS(=O)O)cc1-2. The largest absolute Gasteiger partial charge is 0.380 e. The molecule has 0 saturated heterocycles. The van der Waals surface area contributed by atoms with Gasteiger partial charge in [0.05, 0.1) is 0 Å². The minimum atomic E-state index is -2.29. The van der Waals surface area contributed by atoms with E-state index >= 15 is 0 Å². The van der Waals surface area contributed by atoms with Crippen LogP contribution in [-0.4, -0.2) is 8.76 Å². The van der Waals surface area contributed by atoms with E-state index < -0.39 is 11.4 Å². The molecule has 19 heavy (non-hydrogen) atoms. The Labute approximate surface area is 116 Å². The van der Waals surface area contributed by atoms with Crippen molar-refractivity contribution in [3.05, 3.63) is 41.0 Å². The first-order chi connectivity index (χ1) is 8.90. The lowest BCUT2D eigenvalue weighted by Crippen LogP contribution is -1.97. The lowest BCUT2D eigenvalue weighted by atomic mass is 10.0. The molecule has 1 unspecified atom stereocenters. The summed E-state index contributed by atoms with van der Waals surface area (Å²) in [5.41, 5.74) is 5.40. The average molecular weight is 278 g/mol. The molecule has 0 bridgehead atoms. The number of rotatable bonds is 3. The van der Waals surface area contributed by atoms with Gasteiger partial charge < -0.3 is 4.18 Å². The van der Waals surface area contributed by atoms with Gasteiger partial charge in [-0.1, -0.05) is 32.0 Å². The molecule has 4 heteroatoms. The highest BCUT2D eigenvalue weighted by Crippen LogP contribution is 2.39. The summed E-state index contributed by atoms with van der Waals surface area (Å²) in [6.45, 7) is 8.24. The highest BCUT2D eigenvalue weighted by molar-refractivity contribution is 7.74. The molecule has 2 aliphatic rings. The summed E-state index contributed by atoms with van der Waals surface area (Å²) in [6, 6.07) is 8.18. The Bertz CT molecular complexity index is 605. The first-order valence-electron chi connectivity index (χ1n) is 6.23. The minimum Gasteiger partial charge on any atom is -0.380 e. The molecule has 0 saturated carbocycles. The Hall–Kier alpha value is -1.39. The topological polar surface area (TPSA) is 46.5 Å². The standard InChI is InChI=1S/C15H18O3S/c1-9(2)12-6-5-10(3)13-8-15(18-19(16)17)11(4)14(13)7-12/h5-9H,1-4H3,(H,16,17). The quantitative estimate of drug-likeness (QED) is 0.862. The Morgan fingerprint density at radius 1 is 1.16 bits per heavy atom. The van der Waals surface area contributed by atoms with Crippen molar-refractivity contribution in [2.24, 2.45) is 0 Å². The number of hydrogen-bond acceptors (Lipinski definition) is 2. The van der Waals surface area contributed by atoms with Crippen LogP contribution in [0.5, 0.6) is 5.75 Å². The Morgan fingerprint density at radius 3 is 2.42 bits per heavy atom. The van der Waals surface area contributed by atoms with Gasteiger partial charge in [-0.05, 0) is 48.1 Å². The van der Waals surface area contributed by atoms with Crippen molar-refractivity contribution in [3.63, 3.8) is 0 Å². The second-order valence-corrected chi connectivity index (χ2v) is 5.68. The number of aryl methyl sites for hydroxylation is 1. The lowest BCUT2D eigenvalue weighted by Gasteiger charge is -2.03. The van der Waals surface area contributed by atoms with Gasteiger partial charge in [0.2, 0.25) is 0 Å². The Balaban J connectivity index is 2.67. The molecule has 0 radical (unpaired) electrons. The Kier molecular flexibility index (Phi) is 3.92. The van der Waals surface area contributed by atoms with Gasteiger partial charge in [-0.2, -0.15) is 4.21 Å². The van der Waals surface area contributed by atoms with Crippen molar-refractivity contribution < 1.29 is 12.9 Å². The third-order valence-electron chi connectivity index (χ3n) is 3.43. The highest BCUT2D eigenvalue weighted by atomic mass is 32.2. The molecule has 1 N–H and O–H groups in total. The molecule has 1 atom stereocenters. The summed E-state index contributed by atoms with van der Waals surface area (Å²) in [7, 11) is 0. The summed E-state index contributed by atoms with van der Waals surface area (Å²) < 4.78 is 24.6. The first-order valence-corrected chi connectivity index (χ1v) is 7.26. The van der Waals surface area contributed by atoms with E-state index in [1.54, 1.807) is 0 Å². The number of hydrogen-bond donors (Lipinski definition) is 1. The monoisotopic (exact) mass is 278 g/mol. The van der Waals surface area contributed by atoms with Crippen LogP contribution in [0.25, 0.3) is 11.1 Å². The maximum atomic E-state index is 10.8. The van der Waals surface area contributed by atoms with E-state index in [9.17, 15) is 4.21 Å². The molecule has 0 aromatic rings. The normalized spacial score (nSPS) is 12.9. The van der Waals surface area contributed by atoms with Gasteiger partial charge in [-0.25, -0.2) is 0 Å². The van der Waals surface area contributed by atoms with Crippen LogP contribution in [0.15, 0.2) is 24.3 Å². The van der Waals surface area contributed by atoms with Crippen LogP contribution >= 0.6 is 0 Å². The predicted molar refractivity (Wildman–Crippen MR) is 78.0 cm³/mol. The molecule has 0 aromatic heterocycles. The lowest BCUT2D eigenvalue weighted by molar-refractivity contribution is 0.457. The van der Waals surface area contributed by atoms with Gasteiger partial charge in [0.15, 0.2) is 0 Å². The summed E-state index contributed by atoms with van der Waals surface area (Å²) in [6.07, 6.45) is 0. The summed E-state index contributed by atoms with van der Waals surface area (Å²) in [4.78, 5) is 0. The smallest absolute Gasteiger partial charge is 0.357 e. The molecule has 0 spiro atoms. The van der Waals surface area contributed by atoms with Gasteiger partial charge in [-0.3, -0.25) is 4.55 Å². The van der Waals surface area contributed by atoms with Crippen LogP contribution in [0.2, 0.25) is 0 Å². The van der Waals surface area contributed by atoms with Gasteiger partial charge in [-0.15, -0.1) is 0 Å². The van der Waals surface area contributed by atoms with Crippen LogP contribution in [0, 0.1) is 13.8 Å². The first kappa shape index (κ1) is 14.0. The van der Waals surface area contributed by atoms with Crippen LogP contribution in [0.3, 0.4) is 0 Å². The molecule has 0 amide bonds. The van der Waals surface area contributed by atoms with E-state index in [4.69, 9.17) is 8.74 Å². The van der Waals surface area contributed by atoms with Gasteiger partial charge in [0.1, 0.15) is 5.75 Å². The summed E-state index contributed by atoms with van der Waals surface area (Å²) in [5.74, 6) is 0.903. The average Bonchev–Trinajstić information content (AvgIpc) is 2.51. The van der Waals surface area contributed by atoms with Crippen LogP contribution in [-0.2, 0) is 11.4 Å². The van der Waals surface area contributed by atoms with E-state index in [2.05, 4.69) is 32.0 Å². The van der Waals surface area contributed by atoms with Crippen LogP contribution < -0.4 is 4.18 Å². The van der Waals surface area contributed by atoms with E-state index in [0.717, 1.165) is 22.3 Å².